The lowest BCUT2D eigenvalue weighted by Gasteiger charge is -2.10. The molecule has 0 aliphatic carbocycles. The van der Waals surface area contributed by atoms with Gasteiger partial charge in [0.25, 0.3) is 0 Å². The van der Waals surface area contributed by atoms with Gasteiger partial charge in [0.05, 0.1) is 0 Å². The highest BCUT2D eigenvalue weighted by Gasteiger charge is 2.15. The minimum atomic E-state index is 0.699. The van der Waals surface area contributed by atoms with Gasteiger partial charge < -0.3 is 0 Å². The van der Waals surface area contributed by atoms with Gasteiger partial charge in [-0.2, -0.15) is 0 Å². The van der Waals surface area contributed by atoms with Crippen LogP contribution in [0, 0.1) is 0 Å². The number of nitrogens with zero attached hydrogens (tertiary/aromatic N) is 3. The summed E-state index contributed by atoms with van der Waals surface area (Å²) in [5, 5.41) is 10.9. The van der Waals surface area contributed by atoms with Gasteiger partial charge in [-0.15, -0.1) is 10.2 Å². The molecule has 6 heteroatoms. The zero-order chi connectivity index (χ0) is 15.5. The van der Waals surface area contributed by atoms with Gasteiger partial charge in [-0.25, -0.2) is 0 Å². The molecule has 1 aromatic heterocycles. The van der Waals surface area contributed by atoms with Crippen molar-refractivity contribution in [3.8, 4) is 17.1 Å². The van der Waals surface area contributed by atoms with Crippen LogP contribution in [-0.2, 0) is 0 Å². The summed E-state index contributed by atoms with van der Waals surface area (Å²) in [6.07, 6.45) is 0. The van der Waals surface area contributed by atoms with E-state index in [1.165, 1.54) is 0 Å². The summed E-state index contributed by atoms with van der Waals surface area (Å²) in [5.74, 6) is 1.71. The summed E-state index contributed by atoms with van der Waals surface area (Å²) in [7, 11) is 0. The van der Waals surface area contributed by atoms with Crippen molar-refractivity contribution < 1.29 is 0 Å². The minimum absolute atomic E-state index is 0.699. The van der Waals surface area contributed by atoms with Crippen LogP contribution in [0.4, 0.5) is 0 Å². The van der Waals surface area contributed by atoms with E-state index in [2.05, 4.69) is 17.1 Å². The molecule has 112 valence electrons. The van der Waals surface area contributed by atoms with Crippen LogP contribution in [0.1, 0.15) is 6.92 Å². The summed E-state index contributed by atoms with van der Waals surface area (Å²) >= 11 is 13.6. The molecule has 3 aromatic rings. The molecule has 0 bridgehead atoms. The maximum atomic E-state index is 5.99. The van der Waals surface area contributed by atoms with Crippen LogP contribution in [0.3, 0.4) is 0 Å². The smallest absolute Gasteiger partial charge is 0.196 e. The Hall–Kier alpha value is -1.49. The summed E-state index contributed by atoms with van der Waals surface area (Å²) in [5.41, 5.74) is 1.95. The lowest BCUT2D eigenvalue weighted by molar-refractivity contribution is 0.887. The van der Waals surface area contributed by atoms with Crippen molar-refractivity contribution in [2.24, 2.45) is 0 Å². The highest BCUT2D eigenvalue weighted by atomic mass is 35.5. The van der Waals surface area contributed by atoms with E-state index < -0.39 is 0 Å². The topological polar surface area (TPSA) is 30.7 Å². The van der Waals surface area contributed by atoms with Crippen molar-refractivity contribution in [3.05, 3.63) is 58.6 Å². The predicted octanol–water partition coefficient (Wildman–Crippen LogP) is 5.35. The fourth-order valence-electron chi connectivity index (χ4n) is 2.10. The molecule has 0 N–H and O–H groups in total. The summed E-state index contributed by atoms with van der Waals surface area (Å²) in [4.78, 5) is 0. The third-order valence-electron chi connectivity index (χ3n) is 3.09. The zero-order valence-corrected chi connectivity index (χ0v) is 14.2. The van der Waals surface area contributed by atoms with Crippen molar-refractivity contribution in [1.29, 1.82) is 0 Å². The van der Waals surface area contributed by atoms with E-state index in [1.54, 1.807) is 11.8 Å². The van der Waals surface area contributed by atoms with Gasteiger partial charge >= 0.3 is 0 Å². The van der Waals surface area contributed by atoms with E-state index in [9.17, 15) is 0 Å². The molecule has 3 rings (SSSR count). The van der Waals surface area contributed by atoms with Crippen molar-refractivity contribution in [1.82, 2.24) is 14.8 Å². The summed E-state index contributed by atoms with van der Waals surface area (Å²) < 4.78 is 2.04. The number of thioether (sulfide) groups is 1. The fourth-order valence-corrected chi connectivity index (χ4v) is 3.03. The number of hydrogen-bond acceptors (Lipinski definition) is 3. The van der Waals surface area contributed by atoms with Gasteiger partial charge in [-0.1, -0.05) is 41.9 Å². The number of benzene rings is 2. The molecule has 0 saturated heterocycles. The molecule has 0 atom stereocenters. The second-order valence-electron chi connectivity index (χ2n) is 4.56. The molecule has 22 heavy (non-hydrogen) atoms. The summed E-state index contributed by atoms with van der Waals surface area (Å²) in [6, 6.07) is 15.2. The zero-order valence-electron chi connectivity index (χ0n) is 11.8. The van der Waals surface area contributed by atoms with Gasteiger partial charge in [0.2, 0.25) is 0 Å². The Morgan fingerprint density at radius 1 is 0.909 bits per heavy atom. The lowest BCUT2D eigenvalue weighted by atomic mass is 10.2. The van der Waals surface area contributed by atoms with Crippen molar-refractivity contribution in [2.75, 3.05) is 5.75 Å². The fraction of sp³-hybridized carbons (Fsp3) is 0.125. The van der Waals surface area contributed by atoms with Crippen LogP contribution >= 0.6 is 35.0 Å². The van der Waals surface area contributed by atoms with Gasteiger partial charge in [-0.3, -0.25) is 4.57 Å². The van der Waals surface area contributed by atoms with Gasteiger partial charge in [0, 0.05) is 21.3 Å². The maximum absolute atomic E-state index is 5.99. The van der Waals surface area contributed by atoms with Gasteiger partial charge in [0.15, 0.2) is 11.0 Å². The first-order chi connectivity index (χ1) is 10.7. The molecule has 0 amide bonds. The Kier molecular flexibility index (Phi) is 4.71. The standard InChI is InChI=1S/C16H13Cl2N3S/c1-2-22-16-20-19-15(11-3-5-12(17)6-4-11)21(16)14-9-7-13(18)8-10-14/h3-10H,2H2,1H3. The van der Waals surface area contributed by atoms with E-state index >= 15 is 0 Å². The van der Waals surface area contributed by atoms with Crippen LogP contribution in [0.2, 0.25) is 10.0 Å². The first kappa shape index (κ1) is 15.4. The van der Waals surface area contributed by atoms with Crippen LogP contribution in [0.5, 0.6) is 0 Å². The number of hydrogen-bond donors (Lipinski definition) is 0. The van der Waals surface area contributed by atoms with Crippen molar-refractivity contribution in [3.63, 3.8) is 0 Å². The molecule has 3 nitrogen and oxygen atoms in total. The van der Waals surface area contributed by atoms with Crippen LogP contribution < -0.4 is 0 Å². The van der Waals surface area contributed by atoms with E-state index in [-0.39, 0.29) is 0 Å². The van der Waals surface area contributed by atoms with E-state index in [1.807, 2.05) is 53.1 Å². The van der Waals surface area contributed by atoms with Crippen LogP contribution in [-0.4, -0.2) is 20.5 Å². The average Bonchev–Trinajstić information content (AvgIpc) is 2.93. The van der Waals surface area contributed by atoms with Crippen molar-refractivity contribution in [2.45, 2.75) is 12.1 Å². The third kappa shape index (κ3) is 3.14. The molecule has 0 aliphatic heterocycles. The quantitative estimate of drug-likeness (QED) is 0.594. The largest absolute Gasteiger partial charge is 0.270 e. The van der Waals surface area contributed by atoms with E-state index in [0.717, 1.165) is 28.0 Å². The normalized spacial score (nSPS) is 10.9. The molecular formula is C16H13Cl2N3S. The summed E-state index contributed by atoms with van der Waals surface area (Å²) in [6.45, 7) is 2.09. The first-order valence-corrected chi connectivity index (χ1v) is 8.53. The van der Waals surface area contributed by atoms with E-state index in [4.69, 9.17) is 23.2 Å². The molecule has 0 radical (unpaired) electrons. The average molecular weight is 350 g/mol. The number of rotatable bonds is 4. The second kappa shape index (κ2) is 6.73. The van der Waals surface area contributed by atoms with E-state index in [0.29, 0.717) is 10.0 Å². The monoisotopic (exact) mass is 349 g/mol. The molecule has 0 fully saturated rings. The molecule has 2 aromatic carbocycles. The Morgan fingerprint density at radius 3 is 2.09 bits per heavy atom. The molecule has 0 aliphatic rings. The molecule has 0 spiro atoms. The maximum Gasteiger partial charge on any atom is 0.196 e. The highest BCUT2D eigenvalue weighted by molar-refractivity contribution is 7.99. The Balaban J connectivity index is 2.14. The minimum Gasteiger partial charge on any atom is -0.270 e. The van der Waals surface area contributed by atoms with Gasteiger partial charge in [-0.05, 0) is 54.3 Å². The third-order valence-corrected chi connectivity index (χ3v) is 4.41. The Labute approximate surface area is 143 Å². The Morgan fingerprint density at radius 2 is 1.50 bits per heavy atom. The SMILES string of the molecule is CCSc1nnc(-c2ccc(Cl)cc2)n1-c1ccc(Cl)cc1. The number of halogens is 2. The Bertz CT molecular complexity index is 767. The molecule has 0 unspecified atom stereocenters. The highest BCUT2D eigenvalue weighted by Crippen LogP contribution is 2.29. The van der Waals surface area contributed by atoms with Crippen molar-refractivity contribution >= 4 is 35.0 Å². The second-order valence-corrected chi connectivity index (χ2v) is 6.66. The first-order valence-electron chi connectivity index (χ1n) is 6.79. The van der Waals surface area contributed by atoms with Gasteiger partial charge in [0.1, 0.15) is 0 Å². The lowest BCUT2D eigenvalue weighted by Crippen LogP contribution is -1.99. The molecule has 1 heterocycles. The molecule has 0 saturated carbocycles. The predicted molar refractivity (Wildman–Crippen MR) is 93.2 cm³/mol. The van der Waals surface area contributed by atoms with Crippen LogP contribution in [0.15, 0.2) is 53.7 Å². The number of aromatic nitrogens is 3. The molecular weight excluding hydrogens is 337 g/mol. The van der Waals surface area contributed by atoms with Crippen LogP contribution in [0.25, 0.3) is 17.1 Å².